The second-order valence-corrected chi connectivity index (χ2v) is 7.86. The number of hydrogen-bond acceptors (Lipinski definition) is 4. The molecular weight excluding hydrogens is 360 g/mol. The van der Waals surface area contributed by atoms with Crippen molar-refractivity contribution in [1.29, 1.82) is 0 Å². The molecule has 0 bridgehead atoms. The maximum atomic E-state index is 12.6. The normalized spacial score (nSPS) is 18.3. The molecule has 0 unspecified atom stereocenters. The summed E-state index contributed by atoms with van der Waals surface area (Å²) in [5.74, 6) is 1.10. The fourth-order valence-electron chi connectivity index (χ4n) is 4.04. The molecule has 0 aliphatic carbocycles. The Hall–Kier alpha value is -2.66. The Balaban J connectivity index is 1.26. The standard InChI is InChI=1S/C24H30N4O/c29-24(28-14-5-2-6-15-28)22-11-12-23(25-20-22)27-18-16-26(17-19-27)13-7-10-21-8-3-1-4-9-21/h1,3-4,7-12,20H,2,5-6,13-19H2/b10-7+. The minimum atomic E-state index is 0.124. The van der Waals surface area contributed by atoms with E-state index in [1.807, 2.05) is 23.1 Å². The zero-order valence-corrected chi connectivity index (χ0v) is 17.0. The molecular formula is C24H30N4O. The summed E-state index contributed by atoms with van der Waals surface area (Å²) < 4.78 is 0. The molecule has 5 heteroatoms. The van der Waals surface area contributed by atoms with Crippen LogP contribution in [-0.2, 0) is 0 Å². The molecule has 152 valence electrons. The molecule has 5 nitrogen and oxygen atoms in total. The van der Waals surface area contributed by atoms with Crippen LogP contribution in [0.4, 0.5) is 5.82 Å². The number of carbonyl (C=O) groups excluding carboxylic acids is 1. The maximum absolute atomic E-state index is 12.6. The van der Waals surface area contributed by atoms with Crippen molar-refractivity contribution in [3.8, 4) is 0 Å². The van der Waals surface area contributed by atoms with E-state index < -0.39 is 0 Å². The molecule has 0 spiro atoms. The highest BCUT2D eigenvalue weighted by molar-refractivity contribution is 5.94. The lowest BCUT2D eigenvalue weighted by molar-refractivity contribution is 0.0724. The Morgan fingerprint density at radius 3 is 2.34 bits per heavy atom. The van der Waals surface area contributed by atoms with Gasteiger partial charge < -0.3 is 9.80 Å². The molecule has 1 aromatic carbocycles. The predicted molar refractivity (Wildman–Crippen MR) is 118 cm³/mol. The van der Waals surface area contributed by atoms with Gasteiger partial charge >= 0.3 is 0 Å². The van der Waals surface area contributed by atoms with E-state index in [0.29, 0.717) is 5.56 Å². The van der Waals surface area contributed by atoms with Gasteiger partial charge in [-0.25, -0.2) is 4.98 Å². The molecule has 29 heavy (non-hydrogen) atoms. The Bertz CT molecular complexity index is 805. The number of nitrogens with zero attached hydrogens (tertiary/aromatic N) is 4. The first-order chi connectivity index (χ1) is 14.3. The second-order valence-electron chi connectivity index (χ2n) is 7.86. The Labute approximate surface area is 173 Å². The molecule has 0 radical (unpaired) electrons. The van der Waals surface area contributed by atoms with Crippen LogP contribution in [0.1, 0.15) is 35.2 Å². The molecule has 3 heterocycles. The van der Waals surface area contributed by atoms with Crippen molar-refractivity contribution in [2.45, 2.75) is 19.3 Å². The molecule has 0 saturated carbocycles. The number of hydrogen-bond donors (Lipinski definition) is 0. The summed E-state index contributed by atoms with van der Waals surface area (Å²) in [6.07, 6.45) is 9.64. The predicted octanol–water partition coefficient (Wildman–Crippen LogP) is 3.54. The van der Waals surface area contributed by atoms with Crippen LogP contribution in [0, 0.1) is 0 Å². The third-order valence-corrected chi connectivity index (χ3v) is 5.81. The van der Waals surface area contributed by atoms with E-state index in [-0.39, 0.29) is 5.91 Å². The number of amides is 1. The van der Waals surface area contributed by atoms with E-state index in [1.165, 1.54) is 12.0 Å². The van der Waals surface area contributed by atoms with Crippen molar-refractivity contribution in [2.75, 3.05) is 50.7 Å². The molecule has 2 fully saturated rings. The van der Waals surface area contributed by atoms with Gasteiger partial charge in [0.2, 0.25) is 0 Å². The van der Waals surface area contributed by atoms with Gasteiger partial charge in [-0.1, -0.05) is 42.5 Å². The van der Waals surface area contributed by atoms with Gasteiger partial charge in [0.05, 0.1) is 5.56 Å². The highest BCUT2D eigenvalue weighted by atomic mass is 16.2. The van der Waals surface area contributed by atoms with Crippen molar-refractivity contribution in [1.82, 2.24) is 14.8 Å². The average molecular weight is 391 g/mol. The molecule has 2 aromatic rings. The average Bonchev–Trinajstić information content (AvgIpc) is 2.80. The number of aromatic nitrogens is 1. The number of piperazine rings is 1. The Morgan fingerprint density at radius 1 is 0.897 bits per heavy atom. The highest BCUT2D eigenvalue weighted by Gasteiger charge is 2.20. The minimum absolute atomic E-state index is 0.124. The van der Waals surface area contributed by atoms with E-state index in [4.69, 9.17) is 0 Å². The van der Waals surface area contributed by atoms with Gasteiger partial charge in [-0.15, -0.1) is 0 Å². The van der Waals surface area contributed by atoms with Gasteiger partial charge in [-0.3, -0.25) is 9.69 Å². The number of carbonyl (C=O) groups is 1. The van der Waals surface area contributed by atoms with E-state index in [9.17, 15) is 4.79 Å². The highest BCUT2D eigenvalue weighted by Crippen LogP contribution is 2.17. The third-order valence-electron chi connectivity index (χ3n) is 5.81. The van der Waals surface area contributed by atoms with Gasteiger partial charge in [0.25, 0.3) is 5.91 Å². The van der Waals surface area contributed by atoms with Crippen LogP contribution in [0.25, 0.3) is 6.08 Å². The van der Waals surface area contributed by atoms with Gasteiger partial charge in [0.1, 0.15) is 5.82 Å². The third kappa shape index (κ3) is 5.24. The van der Waals surface area contributed by atoms with Gasteiger partial charge in [0, 0.05) is 52.0 Å². The van der Waals surface area contributed by atoms with Gasteiger partial charge in [-0.2, -0.15) is 0 Å². The smallest absolute Gasteiger partial charge is 0.255 e. The maximum Gasteiger partial charge on any atom is 0.255 e. The van der Waals surface area contributed by atoms with Gasteiger partial charge in [-0.05, 0) is 37.0 Å². The van der Waals surface area contributed by atoms with E-state index >= 15 is 0 Å². The van der Waals surface area contributed by atoms with E-state index in [1.54, 1.807) is 6.20 Å². The number of rotatable bonds is 5. The van der Waals surface area contributed by atoms with Crippen LogP contribution in [-0.4, -0.2) is 66.5 Å². The molecule has 2 aliphatic rings. The fourth-order valence-corrected chi connectivity index (χ4v) is 4.04. The molecule has 0 N–H and O–H groups in total. The first kappa shape index (κ1) is 19.6. The van der Waals surface area contributed by atoms with Crippen LogP contribution >= 0.6 is 0 Å². The minimum Gasteiger partial charge on any atom is -0.354 e. The lowest BCUT2D eigenvalue weighted by Crippen LogP contribution is -2.46. The summed E-state index contributed by atoms with van der Waals surface area (Å²) in [7, 11) is 0. The summed E-state index contributed by atoms with van der Waals surface area (Å²) in [5, 5.41) is 0. The summed E-state index contributed by atoms with van der Waals surface area (Å²) in [6, 6.07) is 14.4. The first-order valence-electron chi connectivity index (χ1n) is 10.7. The topological polar surface area (TPSA) is 39.7 Å². The molecule has 4 rings (SSSR count). The van der Waals surface area contributed by atoms with Crippen molar-refractivity contribution >= 4 is 17.8 Å². The first-order valence-corrected chi connectivity index (χ1v) is 10.7. The van der Waals surface area contributed by atoms with Crippen molar-refractivity contribution in [3.63, 3.8) is 0 Å². The molecule has 2 aliphatic heterocycles. The van der Waals surface area contributed by atoms with Crippen LogP contribution < -0.4 is 4.90 Å². The largest absolute Gasteiger partial charge is 0.354 e. The zero-order valence-electron chi connectivity index (χ0n) is 17.0. The summed E-state index contributed by atoms with van der Waals surface area (Å²) in [5.41, 5.74) is 1.95. The molecule has 1 amide bonds. The summed E-state index contributed by atoms with van der Waals surface area (Å²) in [6.45, 7) is 6.70. The van der Waals surface area contributed by atoms with Crippen LogP contribution in [0.5, 0.6) is 0 Å². The SMILES string of the molecule is O=C(c1ccc(N2CCN(C/C=C/c3ccccc3)CC2)nc1)N1CCCCC1. The molecule has 2 saturated heterocycles. The lowest BCUT2D eigenvalue weighted by atomic mass is 10.1. The monoisotopic (exact) mass is 390 g/mol. The Kier molecular flexibility index (Phi) is 6.57. The number of likely N-dealkylation sites (tertiary alicyclic amines) is 1. The van der Waals surface area contributed by atoms with E-state index in [2.05, 4.69) is 51.2 Å². The van der Waals surface area contributed by atoms with Crippen LogP contribution in [0.15, 0.2) is 54.7 Å². The van der Waals surface area contributed by atoms with Crippen molar-refractivity contribution in [3.05, 3.63) is 65.9 Å². The number of piperidine rings is 1. The number of anilines is 1. The molecule has 1 aromatic heterocycles. The van der Waals surface area contributed by atoms with Crippen LogP contribution in [0.2, 0.25) is 0 Å². The Morgan fingerprint density at radius 2 is 1.66 bits per heavy atom. The molecule has 0 atom stereocenters. The zero-order chi connectivity index (χ0) is 19.9. The summed E-state index contributed by atoms with van der Waals surface area (Å²) in [4.78, 5) is 23.9. The van der Waals surface area contributed by atoms with Gasteiger partial charge in [0.15, 0.2) is 0 Å². The lowest BCUT2D eigenvalue weighted by Gasteiger charge is -2.35. The van der Waals surface area contributed by atoms with Crippen molar-refractivity contribution in [2.24, 2.45) is 0 Å². The fraction of sp³-hybridized carbons (Fsp3) is 0.417. The quantitative estimate of drug-likeness (QED) is 0.783. The van der Waals surface area contributed by atoms with Crippen molar-refractivity contribution < 1.29 is 4.79 Å². The van der Waals surface area contributed by atoms with E-state index in [0.717, 1.165) is 64.5 Å². The number of benzene rings is 1. The number of pyridine rings is 1. The van der Waals surface area contributed by atoms with Crippen LogP contribution in [0.3, 0.4) is 0 Å². The second kappa shape index (κ2) is 9.70. The summed E-state index contributed by atoms with van der Waals surface area (Å²) >= 11 is 0.